The number of likely N-dealkylation sites (tertiary alicyclic amines) is 1. The number of imidazole rings is 1. The van der Waals surface area contributed by atoms with Crippen molar-refractivity contribution in [3.05, 3.63) is 15.7 Å². The third-order valence-electron chi connectivity index (χ3n) is 5.26. The molecule has 150 valence electrons. The molecule has 1 aromatic heterocycles. The molecule has 0 bridgehead atoms. The van der Waals surface area contributed by atoms with Gasteiger partial charge in [0, 0.05) is 19.1 Å². The number of carbonyl (C=O) groups excluding carboxylic acids is 2. The number of hydrogen-bond acceptors (Lipinski definition) is 5. The summed E-state index contributed by atoms with van der Waals surface area (Å²) >= 11 is 2.09. The Morgan fingerprint density at radius 3 is 2.78 bits per heavy atom. The molecule has 3 heterocycles. The highest BCUT2D eigenvalue weighted by atomic mass is 127. The van der Waals surface area contributed by atoms with Crippen LogP contribution in [0.1, 0.15) is 38.1 Å². The van der Waals surface area contributed by atoms with Gasteiger partial charge in [-0.05, 0) is 47.8 Å². The summed E-state index contributed by atoms with van der Waals surface area (Å²) in [5, 5.41) is 2.62. The van der Waals surface area contributed by atoms with Crippen molar-refractivity contribution in [2.75, 3.05) is 20.3 Å². The average Bonchev–Trinajstić information content (AvgIpc) is 3.23. The molecular formula is C17H24FIN4O4. The molecule has 2 aliphatic heterocycles. The van der Waals surface area contributed by atoms with Gasteiger partial charge in [0.25, 0.3) is 0 Å². The van der Waals surface area contributed by atoms with Gasteiger partial charge in [-0.1, -0.05) is 6.92 Å². The molecule has 2 saturated heterocycles. The van der Waals surface area contributed by atoms with Gasteiger partial charge in [0.05, 0.1) is 23.0 Å². The Morgan fingerprint density at radius 1 is 1.48 bits per heavy atom. The molecule has 0 aromatic carbocycles. The fraction of sp³-hybridized carbons (Fsp3) is 0.706. The summed E-state index contributed by atoms with van der Waals surface area (Å²) in [4.78, 5) is 33.8. The van der Waals surface area contributed by atoms with Crippen molar-refractivity contribution in [3.63, 3.8) is 0 Å². The van der Waals surface area contributed by atoms with Gasteiger partial charge in [-0.15, -0.1) is 0 Å². The fourth-order valence-electron chi connectivity index (χ4n) is 3.80. The van der Waals surface area contributed by atoms with Gasteiger partial charge in [0.15, 0.2) is 6.30 Å². The number of aromatic amines is 1. The van der Waals surface area contributed by atoms with Crippen molar-refractivity contribution in [2.24, 2.45) is 11.8 Å². The van der Waals surface area contributed by atoms with Crippen LogP contribution in [0.3, 0.4) is 0 Å². The molecular weight excluding hydrogens is 470 g/mol. The highest BCUT2D eigenvalue weighted by molar-refractivity contribution is 14.1. The van der Waals surface area contributed by atoms with Crippen LogP contribution in [-0.2, 0) is 14.3 Å². The van der Waals surface area contributed by atoms with E-state index >= 15 is 4.39 Å². The zero-order chi connectivity index (χ0) is 19.6. The number of rotatable bonds is 4. The predicted molar refractivity (Wildman–Crippen MR) is 102 cm³/mol. The Morgan fingerprint density at radius 2 is 2.19 bits per heavy atom. The van der Waals surface area contributed by atoms with E-state index in [-0.39, 0.29) is 11.8 Å². The number of amides is 2. The number of methoxy groups -OCH3 is 1. The van der Waals surface area contributed by atoms with E-state index in [9.17, 15) is 9.59 Å². The van der Waals surface area contributed by atoms with Crippen LogP contribution in [-0.4, -0.2) is 59.5 Å². The van der Waals surface area contributed by atoms with Crippen molar-refractivity contribution in [1.29, 1.82) is 0 Å². The van der Waals surface area contributed by atoms with E-state index in [2.05, 4.69) is 42.6 Å². The van der Waals surface area contributed by atoms with Gasteiger partial charge in [-0.25, -0.2) is 14.2 Å². The Balaban J connectivity index is 1.87. The first-order chi connectivity index (χ1) is 12.9. The van der Waals surface area contributed by atoms with Gasteiger partial charge >= 0.3 is 6.09 Å². The first-order valence-corrected chi connectivity index (χ1v) is 10.1. The smallest absolute Gasteiger partial charge is 0.407 e. The van der Waals surface area contributed by atoms with E-state index in [4.69, 9.17) is 4.74 Å². The molecule has 3 rings (SSSR count). The molecule has 0 aliphatic carbocycles. The van der Waals surface area contributed by atoms with E-state index in [1.54, 1.807) is 13.1 Å². The SMILES string of the molecule is COC(=O)N[C@H](C(=O)N1[C@H](F)[C@H](C)C[C@H]1c1ncc(I)[nH]1)C1CCOCC1. The van der Waals surface area contributed by atoms with E-state index < -0.39 is 30.4 Å². The van der Waals surface area contributed by atoms with Crippen molar-refractivity contribution < 1.29 is 23.5 Å². The second kappa shape index (κ2) is 8.72. The number of alkyl carbamates (subject to hydrolysis) is 1. The summed E-state index contributed by atoms with van der Waals surface area (Å²) in [5.41, 5.74) is 0. The molecule has 2 fully saturated rings. The lowest BCUT2D eigenvalue weighted by molar-refractivity contribution is -0.143. The molecule has 2 N–H and O–H groups in total. The molecule has 8 nitrogen and oxygen atoms in total. The number of halogens is 2. The van der Waals surface area contributed by atoms with E-state index in [0.717, 1.165) is 3.70 Å². The number of ether oxygens (including phenoxy) is 2. The zero-order valence-corrected chi connectivity index (χ0v) is 17.4. The first kappa shape index (κ1) is 20.3. The molecule has 10 heteroatoms. The van der Waals surface area contributed by atoms with Crippen LogP contribution in [0.5, 0.6) is 0 Å². The maximum Gasteiger partial charge on any atom is 0.407 e. The topological polar surface area (TPSA) is 96.5 Å². The summed E-state index contributed by atoms with van der Waals surface area (Å²) < 4.78 is 25.9. The van der Waals surface area contributed by atoms with Gasteiger partial charge < -0.3 is 24.7 Å². The van der Waals surface area contributed by atoms with Gasteiger partial charge in [0.2, 0.25) is 5.91 Å². The van der Waals surface area contributed by atoms with E-state index in [1.807, 2.05) is 0 Å². The van der Waals surface area contributed by atoms with Gasteiger partial charge in [-0.3, -0.25) is 4.79 Å². The number of hydrogen-bond donors (Lipinski definition) is 2. The van der Waals surface area contributed by atoms with Crippen LogP contribution in [0, 0.1) is 15.5 Å². The predicted octanol–water partition coefficient (Wildman–Crippen LogP) is 2.37. The number of aromatic nitrogens is 2. The third kappa shape index (κ3) is 4.36. The second-order valence-electron chi connectivity index (χ2n) is 7.03. The molecule has 0 spiro atoms. The largest absolute Gasteiger partial charge is 0.453 e. The van der Waals surface area contributed by atoms with Crippen LogP contribution < -0.4 is 5.32 Å². The molecule has 2 aliphatic rings. The van der Waals surface area contributed by atoms with Crippen LogP contribution in [0.15, 0.2) is 6.20 Å². The lowest BCUT2D eigenvalue weighted by atomic mass is 9.90. The van der Waals surface area contributed by atoms with Crippen LogP contribution in [0.25, 0.3) is 0 Å². The fourth-order valence-corrected chi connectivity index (χ4v) is 4.22. The highest BCUT2D eigenvalue weighted by Crippen LogP contribution is 2.40. The number of alkyl halides is 1. The van der Waals surface area contributed by atoms with Crippen LogP contribution in [0.2, 0.25) is 0 Å². The molecule has 0 saturated carbocycles. The Labute approximate surface area is 170 Å². The lowest BCUT2D eigenvalue weighted by Crippen LogP contribution is -2.54. The van der Waals surface area contributed by atoms with Gasteiger partial charge in [0.1, 0.15) is 11.9 Å². The summed E-state index contributed by atoms with van der Waals surface area (Å²) in [6.45, 7) is 2.79. The Bertz CT molecular complexity index is 682. The van der Waals surface area contributed by atoms with Crippen molar-refractivity contribution in [3.8, 4) is 0 Å². The van der Waals surface area contributed by atoms with Crippen LogP contribution >= 0.6 is 22.6 Å². The maximum atomic E-state index is 15.0. The third-order valence-corrected chi connectivity index (χ3v) is 5.81. The zero-order valence-electron chi connectivity index (χ0n) is 15.3. The molecule has 1 aromatic rings. The summed E-state index contributed by atoms with van der Waals surface area (Å²) in [6.07, 6.45) is 1.21. The average molecular weight is 494 g/mol. The minimum Gasteiger partial charge on any atom is -0.453 e. The van der Waals surface area contributed by atoms with Crippen molar-refractivity contribution >= 4 is 34.6 Å². The normalized spacial score (nSPS) is 27.4. The summed E-state index contributed by atoms with van der Waals surface area (Å²) in [5.74, 6) is -0.342. The molecule has 0 unspecified atom stereocenters. The molecule has 2 amide bonds. The second-order valence-corrected chi connectivity index (χ2v) is 8.19. The minimum atomic E-state index is -1.44. The monoisotopic (exact) mass is 494 g/mol. The minimum absolute atomic E-state index is 0.133. The number of H-pyrrole nitrogens is 1. The van der Waals surface area contributed by atoms with Gasteiger partial charge in [-0.2, -0.15) is 0 Å². The van der Waals surface area contributed by atoms with Crippen LogP contribution in [0.4, 0.5) is 9.18 Å². The number of nitrogens with one attached hydrogen (secondary N) is 2. The van der Waals surface area contributed by atoms with Crippen molar-refractivity contribution in [2.45, 2.75) is 44.6 Å². The Kier molecular flexibility index (Phi) is 6.56. The quantitative estimate of drug-likeness (QED) is 0.495. The first-order valence-electron chi connectivity index (χ1n) is 9.01. The molecule has 27 heavy (non-hydrogen) atoms. The van der Waals surface area contributed by atoms with Crippen molar-refractivity contribution in [1.82, 2.24) is 20.2 Å². The van der Waals surface area contributed by atoms with E-state index in [1.165, 1.54) is 12.0 Å². The number of nitrogens with zero attached hydrogens (tertiary/aromatic N) is 2. The number of carbonyl (C=O) groups is 2. The lowest BCUT2D eigenvalue weighted by Gasteiger charge is -2.35. The molecule has 0 radical (unpaired) electrons. The highest BCUT2D eigenvalue weighted by Gasteiger charge is 2.47. The standard InChI is InChI=1S/C17H24FIN4O4/c1-9-7-11(15-20-8-12(19)21-15)23(14(9)18)16(24)13(22-17(25)26-2)10-3-5-27-6-4-10/h8-11,13-14H,3-7H2,1-2H3,(H,20,21)(H,22,25)/t9-,11+,13+,14+/m1/s1. The molecule has 4 atom stereocenters. The van der Waals surface area contributed by atoms with E-state index in [0.29, 0.717) is 38.3 Å². The maximum absolute atomic E-state index is 15.0. The summed E-state index contributed by atoms with van der Waals surface area (Å²) in [6, 6.07) is -1.35. The summed E-state index contributed by atoms with van der Waals surface area (Å²) in [7, 11) is 1.24. The Hall–Kier alpha value is -1.43.